The minimum atomic E-state index is -0.736. The Bertz CT molecular complexity index is 1030. The maximum Gasteiger partial charge on any atom is 0.338 e. The highest BCUT2D eigenvalue weighted by Crippen LogP contribution is 2.29. The van der Waals surface area contributed by atoms with Gasteiger partial charge < -0.3 is 10.1 Å². The molecule has 3 aromatic carbocycles. The van der Waals surface area contributed by atoms with E-state index in [2.05, 4.69) is 16.2 Å². The molecule has 0 aromatic heterocycles. The fourth-order valence-corrected chi connectivity index (χ4v) is 3.03. The van der Waals surface area contributed by atoms with E-state index in [1.54, 1.807) is 0 Å². The topological polar surface area (TPSA) is 123 Å². The average Bonchev–Trinajstić information content (AvgIpc) is 2.79. The molecule has 0 aliphatic carbocycles. The number of hydrazine groups is 1. The standard InChI is InChI=1S/C22H20N4O5/c1-31-19-14-17(26(29)30)12-13-18(19)23-22(28)25-24-21(27)20(15-8-4-2-5-9-15)16-10-6-3-7-11-16/h2-14,20H,1H3,(H,24,27)(H2,23,25,28). The molecular weight excluding hydrogens is 400 g/mol. The second kappa shape index (κ2) is 9.88. The van der Waals surface area contributed by atoms with Crippen LogP contribution in [0, 0.1) is 10.1 Å². The number of nitrogens with zero attached hydrogens (tertiary/aromatic N) is 1. The van der Waals surface area contributed by atoms with Crippen LogP contribution in [0.15, 0.2) is 78.9 Å². The van der Waals surface area contributed by atoms with Crippen molar-refractivity contribution in [1.82, 2.24) is 10.9 Å². The molecule has 0 fully saturated rings. The van der Waals surface area contributed by atoms with E-state index < -0.39 is 22.8 Å². The van der Waals surface area contributed by atoms with Gasteiger partial charge in [-0.1, -0.05) is 60.7 Å². The molecule has 0 saturated heterocycles. The van der Waals surface area contributed by atoms with Gasteiger partial charge in [-0.15, -0.1) is 0 Å². The van der Waals surface area contributed by atoms with Crippen molar-refractivity contribution in [2.45, 2.75) is 5.92 Å². The lowest BCUT2D eigenvalue weighted by atomic mass is 9.91. The number of hydrogen-bond acceptors (Lipinski definition) is 5. The molecule has 9 heteroatoms. The normalized spacial score (nSPS) is 10.3. The smallest absolute Gasteiger partial charge is 0.338 e. The highest BCUT2D eigenvalue weighted by atomic mass is 16.6. The summed E-state index contributed by atoms with van der Waals surface area (Å²) in [6, 6.07) is 21.4. The van der Waals surface area contributed by atoms with Crippen LogP contribution in [0.2, 0.25) is 0 Å². The van der Waals surface area contributed by atoms with Gasteiger partial charge in [0.15, 0.2) is 0 Å². The van der Waals surface area contributed by atoms with E-state index >= 15 is 0 Å². The number of ether oxygens (including phenoxy) is 1. The summed E-state index contributed by atoms with van der Waals surface area (Å²) in [6.07, 6.45) is 0. The Kier molecular flexibility index (Phi) is 6.79. The van der Waals surface area contributed by atoms with Gasteiger partial charge in [-0.2, -0.15) is 0 Å². The SMILES string of the molecule is COc1cc([N+](=O)[O-])ccc1NC(=O)NNC(=O)C(c1ccccc1)c1ccccc1. The molecule has 3 aromatic rings. The number of nitro groups is 1. The van der Waals surface area contributed by atoms with E-state index in [1.165, 1.54) is 25.3 Å². The van der Waals surface area contributed by atoms with Crippen molar-refractivity contribution in [3.8, 4) is 5.75 Å². The Morgan fingerprint density at radius 1 is 0.903 bits per heavy atom. The van der Waals surface area contributed by atoms with Gasteiger partial charge in [0.2, 0.25) is 5.91 Å². The monoisotopic (exact) mass is 420 g/mol. The average molecular weight is 420 g/mol. The number of methoxy groups -OCH3 is 1. The van der Waals surface area contributed by atoms with Crippen molar-refractivity contribution in [3.63, 3.8) is 0 Å². The van der Waals surface area contributed by atoms with Crippen molar-refractivity contribution in [2.24, 2.45) is 0 Å². The lowest BCUT2D eigenvalue weighted by Crippen LogP contribution is -2.46. The van der Waals surface area contributed by atoms with Crippen LogP contribution in [0.1, 0.15) is 17.0 Å². The zero-order chi connectivity index (χ0) is 22.2. The number of urea groups is 1. The molecule has 0 aliphatic heterocycles. The third-order valence-corrected chi connectivity index (χ3v) is 4.47. The molecule has 0 spiro atoms. The number of nitro benzene ring substituents is 1. The number of rotatable bonds is 6. The number of carbonyl (C=O) groups excluding carboxylic acids is 2. The van der Waals surface area contributed by atoms with Crippen LogP contribution < -0.4 is 20.9 Å². The number of anilines is 1. The molecule has 3 amide bonds. The second-order valence-corrected chi connectivity index (χ2v) is 6.46. The molecule has 158 valence electrons. The number of benzene rings is 3. The number of nitrogens with one attached hydrogen (secondary N) is 3. The number of hydrogen-bond donors (Lipinski definition) is 3. The van der Waals surface area contributed by atoms with Crippen molar-refractivity contribution < 1.29 is 19.2 Å². The van der Waals surface area contributed by atoms with Crippen LogP contribution in [-0.2, 0) is 4.79 Å². The van der Waals surface area contributed by atoms with Gasteiger partial charge in [0.05, 0.1) is 29.7 Å². The van der Waals surface area contributed by atoms with Gasteiger partial charge in [-0.05, 0) is 17.2 Å². The largest absolute Gasteiger partial charge is 0.494 e. The second-order valence-electron chi connectivity index (χ2n) is 6.46. The molecule has 0 unspecified atom stereocenters. The van der Waals surface area contributed by atoms with Crippen LogP contribution in [-0.4, -0.2) is 24.0 Å². The first-order valence-electron chi connectivity index (χ1n) is 9.28. The van der Waals surface area contributed by atoms with Gasteiger partial charge in [0, 0.05) is 6.07 Å². The molecule has 9 nitrogen and oxygen atoms in total. The van der Waals surface area contributed by atoms with E-state index in [1.807, 2.05) is 60.7 Å². The molecule has 0 heterocycles. The summed E-state index contributed by atoms with van der Waals surface area (Å²) >= 11 is 0. The molecule has 3 rings (SSSR count). The van der Waals surface area contributed by atoms with Crippen molar-refractivity contribution in [3.05, 3.63) is 100 Å². The highest BCUT2D eigenvalue weighted by Gasteiger charge is 2.23. The van der Waals surface area contributed by atoms with Crippen molar-refractivity contribution >= 4 is 23.3 Å². The Morgan fingerprint density at radius 2 is 1.48 bits per heavy atom. The van der Waals surface area contributed by atoms with Gasteiger partial charge >= 0.3 is 6.03 Å². The van der Waals surface area contributed by atoms with Gasteiger partial charge in [-0.3, -0.25) is 20.3 Å². The Hall–Kier alpha value is -4.40. The lowest BCUT2D eigenvalue weighted by Gasteiger charge is -2.18. The van der Waals surface area contributed by atoms with Crippen LogP contribution >= 0.6 is 0 Å². The first-order valence-corrected chi connectivity index (χ1v) is 9.28. The predicted octanol–water partition coefficient (Wildman–Crippen LogP) is 3.59. The molecule has 0 atom stereocenters. The van der Waals surface area contributed by atoms with Crippen LogP contribution in [0.3, 0.4) is 0 Å². The van der Waals surface area contributed by atoms with Crippen molar-refractivity contribution in [1.29, 1.82) is 0 Å². The summed E-state index contributed by atoms with van der Waals surface area (Å²) in [4.78, 5) is 35.5. The summed E-state index contributed by atoms with van der Waals surface area (Å²) < 4.78 is 5.08. The third-order valence-electron chi connectivity index (χ3n) is 4.47. The van der Waals surface area contributed by atoms with Gasteiger partial charge in [-0.25, -0.2) is 10.2 Å². The molecule has 0 saturated carbocycles. The molecular formula is C22H20N4O5. The maximum absolute atomic E-state index is 12.9. The summed E-state index contributed by atoms with van der Waals surface area (Å²) in [5, 5.41) is 13.4. The van der Waals surface area contributed by atoms with Crippen LogP contribution in [0.4, 0.5) is 16.2 Å². The van der Waals surface area contributed by atoms with E-state index in [0.29, 0.717) is 0 Å². The zero-order valence-electron chi connectivity index (χ0n) is 16.6. The first-order chi connectivity index (χ1) is 15.0. The Labute approximate surface area is 178 Å². The van der Waals surface area contributed by atoms with E-state index in [4.69, 9.17) is 4.74 Å². The summed E-state index contributed by atoms with van der Waals surface area (Å²) in [6.45, 7) is 0. The highest BCUT2D eigenvalue weighted by molar-refractivity contribution is 5.94. The Balaban J connectivity index is 1.70. The minimum Gasteiger partial charge on any atom is -0.494 e. The van der Waals surface area contributed by atoms with Gasteiger partial charge in [0.1, 0.15) is 5.75 Å². The Morgan fingerprint density at radius 3 is 2.00 bits per heavy atom. The molecule has 3 N–H and O–H groups in total. The molecule has 31 heavy (non-hydrogen) atoms. The lowest BCUT2D eigenvalue weighted by molar-refractivity contribution is -0.384. The van der Waals surface area contributed by atoms with Crippen molar-refractivity contribution in [2.75, 3.05) is 12.4 Å². The third kappa shape index (κ3) is 5.36. The van der Waals surface area contributed by atoms with E-state index in [0.717, 1.165) is 11.1 Å². The van der Waals surface area contributed by atoms with Gasteiger partial charge in [0.25, 0.3) is 5.69 Å². The molecule has 0 aliphatic rings. The fraction of sp³-hybridized carbons (Fsp3) is 0.0909. The summed E-state index contributed by atoms with van der Waals surface area (Å²) in [5.41, 5.74) is 6.29. The quantitative estimate of drug-likeness (QED) is 0.415. The first kappa shape index (κ1) is 21.3. The number of carbonyl (C=O) groups is 2. The minimum absolute atomic E-state index is 0.113. The predicted molar refractivity (Wildman–Crippen MR) is 115 cm³/mol. The van der Waals surface area contributed by atoms with Crippen LogP contribution in [0.5, 0.6) is 5.75 Å². The maximum atomic E-state index is 12.9. The number of non-ortho nitro benzene ring substituents is 1. The van der Waals surface area contributed by atoms with Crippen LogP contribution in [0.25, 0.3) is 0 Å². The zero-order valence-corrected chi connectivity index (χ0v) is 16.6. The molecule has 0 radical (unpaired) electrons. The molecule has 0 bridgehead atoms. The summed E-state index contributed by atoms with van der Waals surface area (Å²) in [5.74, 6) is -0.943. The number of amides is 3. The van der Waals surface area contributed by atoms with E-state index in [-0.39, 0.29) is 17.1 Å². The summed E-state index contributed by atoms with van der Waals surface area (Å²) in [7, 11) is 1.33. The fourth-order valence-electron chi connectivity index (χ4n) is 3.03. The van der Waals surface area contributed by atoms with E-state index in [9.17, 15) is 19.7 Å².